The molecule has 3 rings (SSSR count). The number of anilines is 1. The van der Waals surface area contributed by atoms with Gasteiger partial charge in [-0.3, -0.25) is 9.59 Å². The summed E-state index contributed by atoms with van der Waals surface area (Å²) in [5.41, 5.74) is 1.31. The van der Waals surface area contributed by atoms with Gasteiger partial charge in [0.15, 0.2) is 11.6 Å². The van der Waals surface area contributed by atoms with Crippen LogP contribution < -0.4 is 10.9 Å². The van der Waals surface area contributed by atoms with Gasteiger partial charge in [-0.15, -0.1) is 0 Å². The quantitative estimate of drug-likeness (QED) is 0.768. The fourth-order valence-corrected chi connectivity index (χ4v) is 2.30. The molecule has 1 aromatic heterocycles. The number of hydrogen-bond acceptors (Lipinski definition) is 3. The van der Waals surface area contributed by atoms with Crippen LogP contribution in [0, 0.1) is 18.6 Å². The summed E-state index contributed by atoms with van der Waals surface area (Å²) >= 11 is 0. The summed E-state index contributed by atoms with van der Waals surface area (Å²) in [4.78, 5) is 30.6. The van der Waals surface area contributed by atoms with Crippen molar-refractivity contribution in [1.29, 1.82) is 0 Å². The van der Waals surface area contributed by atoms with Crippen LogP contribution in [0.3, 0.4) is 0 Å². The predicted octanol–water partition coefficient (Wildman–Crippen LogP) is 3.28. The minimum Gasteiger partial charge on any atom is -0.322 e. The number of halogens is 2. The Labute approximate surface area is 141 Å². The molecule has 126 valence electrons. The van der Waals surface area contributed by atoms with Crippen LogP contribution in [0.2, 0.25) is 0 Å². The van der Waals surface area contributed by atoms with Crippen molar-refractivity contribution in [2.24, 2.45) is 0 Å². The topological polar surface area (TPSA) is 74.8 Å². The highest BCUT2D eigenvalue weighted by Crippen LogP contribution is 2.19. The lowest BCUT2D eigenvalue weighted by atomic mass is 10.1. The number of rotatable bonds is 3. The van der Waals surface area contributed by atoms with E-state index in [4.69, 9.17) is 0 Å². The highest BCUT2D eigenvalue weighted by atomic mass is 19.2. The Kier molecular flexibility index (Phi) is 4.38. The van der Waals surface area contributed by atoms with E-state index >= 15 is 0 Å². The number of amides is 1. The molecule has 7 heteroatoms. The van der Waals surface area contributed by atoms with E-state index in [2.05, 4.69) is 15.3 Å². The fraction of sp³-hybridized carbons (Fsp3) is 0.0556. The van der Waals surface area contributed by atoms with Crippen molar-refractivity contribution in [3.63, 3.8) is 0 Å². The average Bonchev–Trinajstić information content (AvgIpc) is 2.56. The van der Waals surface area contributed by atoms with Gasteiger partial charge in [0.25, 0.3) is 11.5 Å². The average molecular weight is 341 g/mol. The van der Waals surface area contributed by atoms with Crippen molar-refractivity contribution in [3.05, 3.63) is 81.8 Å². The smallest absolute Gasteiger partial charge is 0.255 e. The zero-order valence-corrected chi connectivity index (χ0v) is 13.1. The van der Waals surface area contributed by atoms with Gasteiger partial charge in [0.1, 0.15) is 5.82 Å². The molecule has 0 aliphatic carbocycles. The first-order valence-electron chi connectivity index (χ1n) is 7.37. The van der Waals surface area contributed by atoms with E-state index in [-0.39, 0.29) is 11.1 Å². The molecule has 0 aliphatic heterocycles. The van der Waals surface area contributed by atoms with Gasteiger partial charge in [0, 0.05) is 28.6 Å². The molecular formula is C18H13F2N3O2. The van der Waals surface area contributed by atoms with Crippen LogP contribution in [-0.4, -0.2) is 15.9 Å². The first-order valence-corrected chi connectivity index (χ1v) is 7.37. The lowest BCUT2D eigenvalue weighted by Gasteiger charge is -2.08. The Bertz CT molecular complexity index is 1020. The first kappa shape index (κ1) is 16.5. The summed E-state index contributed by atoms with van der Waals surface area (Å²) in [6.07, 6.45) is 0. The molecule has 0 fully saturated rings. The summed E-state index contributed by atoms with van der Waals surface area (Å²) in [6.45, 7) is 1.70. The maximum atomic E-state index is 13.2. The van der Waals surface area contributed by atoms with Crippen LogP contribution in [-0.2, 0) is 0 Å². The molecule has 0 saturated carbocycles. The predicted molar refractivity (Wildman–Crippen MR) is 89.3 cm³/mol. The van der Waals surface area contributed by atoms with Crippen LogP contribution in [0.4, 0.5) is 14.5 Å². The Hall–Kier alpha value is -3.35. The molecular weight excluding hydrogens is 328 g/mol. The molecule has 0 spiro atoms. The number of hydrogen-bond donors (Lipinski definition) is 2. The Morgan fingerprint density at radius 3 is 2.60 bits per heavy atom. The van der Waals surface area contributed by atoms with Crippen molar-refractivity contribution in [2.75, 3.05) is 5.32 Å². The molecule has 2 N–H and O–H groups in total. The Balaban J connectivity index is 1.87. The van der Waals surface area contributed by atoms with Crippen molar-refractivity contribution in [1.82, 2.24) is 9.97 Å². The maximum absolute atomic E-state index is 13.2. The standard InChI is InChI=1S/C18H13F2N3O2/c1-10-7-16(24)23-17(21-10)11-3-2-4-13(8-11)22-18(25)12-5-6-14(19)15(20)9-12/h2-9H,1H3,(H,22,25)(H,21,23,24). The number of aromatic amines is 1. The number of benzene rings is 2. The minimum absolute atomic E-state index is 0.00797. The van der Waals surface area contributed by atoms with Gasteiger partial charge >= 0.3 is 0 Å². The summed E-state index contributed by atoms with van der Waals surface area (Å²) in [7, 11) is 0. The molecule has 1 amide bonds. The monoisotopic (exact) mass is 341 g/mol. The number of nitrogens with zero attached hydrogens (tertiary/aromatic N) is 1. The number of aromatic nitrogens is 2. The van der Waals surface area contributed by atoms with Gasteiger partial charge in [0.05, 0.1) is 0 Å². The van der Waals surface area contributed by atoms with Gasteiger partial charge in [-0.2, -0.15) is 0 Å². The third-order valence-electron chi connectivity index (χ3n) is 3.45. The maximum Gasteiger partial charge on any atom is 0.255 e. The van der Waals surface area contributed by atoms with Gasteiger partial charge in [-0.25, -0.2) is 13.8 Å². The molecule has 0 aliphatic rings. The number of aryl methyl sites for hydroxylation is 1. The number of carbonyl (C=O) groups is 1. The third-order valence-corrected chi connectivity index (χ3v) is 3.45. The molecule has 0 saturated heterocycles. The minimum atomic E-state index is -1.09. The number of H-pyrrole nitrogens is 1. The van der Waals surface area contributed by atoms with E-state index in [1.54, 1.807) is 31.2 Å². The highest BCUT2D eigenvalue weighted by Gasteiger charge is 2.11. The SMILES string of the molecule is Cc1cc(=O)[nH]c(-c2cccc(NC(=O)c3ccc(F)c(F)c3)c2)n1. The van der Waals surface area contributed by atoms with E-state index in [0.717, 1.165) is 12.1 Å². The van der Waals surface area contributed by atoms with Gasteiger partial charge in [-0.1, -0.05) is 12.1 Å². The molecule has 0 unspecified atom stereocenters. The largest absolute Gasteiger partial charge is 0.322 e. The third kappa shape index (κ3) is 3.77. The second-order valence-electron chi connectivity index (χ2n) is 5.40. The lowest BCUT2D eigenvalue weighted by molar-refractivity contribution is 0.102. The summed E-state index contributed by atoms with van der Waals surface area (Å²) in [5, 5.41) is 2.60. The highest BCUT2D eigenvalue weighted by molar-refractivity contribution is 6.04. The van der Waals surface area contributed by atoms with Crippen molar-refractivity contribution in [2.45, 2.75) is 6.92 Å². The Morgan fingerprint density at radius 2 is 1.88 bits per heavy atom. The van der Waals surface area contributed by atoms with Gasteiger partial charge in [-0.05, 0) is 37.3 Å². The number of nitrogens with one attached hydrogen (secondary N) is 2. The van der Waals surface area contributed by atoms with Crippen LogP contribution in [0.5, 0.6) is 0 Å². The summed E-state index contributed by atoms with van der Waals surface area (Å²) in [5.74, 6) is -2.33. The van der Waals surface area contributed by atoms with Crippen molar-refractivity contribution < 1.29 is 13.6 Å². The van der Waals surface area contributed by atoms with Crippen LogP contribution in [0.25, 0.3) is 11.4 Å². The fourth-order valence-electron chi connectivity index (χ4n) is 2.30. The van der Waals surface area contributed by atoms with Crippen LogP contribution in [0.1, 0.15) is 16.1 Å². The zero-order chi connectivity index (χ0) is 18.0. The number of carbonyl (C=O) groups excluding carboxylic acids is 1. The molecule has 5 nitrogen and oxygen atoms in total. The van der Waals surface area contributed by atoms with Gasteiger partial charge < -0.3 is 10.3 Å². The first-order chi connectivity index (χ1) is 11.9. The van der Waals surface area contributed by atoms with Crippen molar-refractivity contribution >= 4 is 11.6 Å². The van der Waals surface area contributed by atoms with E-state index in [1.165, 1.54) is 12.1 Å². The lowest BCUT2D eigenvalue weighted by Crippen LogP contribution is -2.13. The zero-order valence-electron chi connectivity index (χ0n) is 13.1. The molecule has 25 heavy (non-hydrogen) atoms. The van der Waals surface area contributed by atoms with Crippen LogP contribution in [0.15, 0.2) is 53.3 Å². The van der Waals surface area contributed by atoms with Gasteiger partial charge in [0.2, 0.25) is 0 Å². The molecule has 3 aromatic rings. The second kappa shape index (κ2) is 6.64. The second-order valence-corrected chi connectivity index (χ2v) is 5.40. The van der Waals surface area contributed by atoms with Crippen LogP contribution >= 0.6 is 0 Å². The van der Waals surface area contributed by atoms with Crippen molar-refractivity contribution in [3.8, 4) is 11.4 Å². The molecule has 0 bridgehead atoms. The summed E-state index contributed by atoms with van der Waals surface area (Å²) < 4.78 is 26.2. The van der Waals surface area contributed by atoms with E-state index in [9.17, 15) is 18.4 Å². The van der Waals surface area contributed by atoms with E-state index in [1.807, 2.05) is 0 Å². The molecule has 0 radical (unpaired) electrons. The molecule has 2 aromatic carbocycles. The van der Waals surface area contributed by atoms with E-state index in [0.29, 0.717) is 22.8 Å². The summed E-state index contributed by atoms with van der Waals surface area (Å²) in [6, 6.07) is 10.9. The van der Waals surface area contributed by atoms with E-state index < -0.39 is 17.5 Å². The normalized spacial score (nSPS) is 10.5. The molecule has 0 atom stereocenters. The molecule has 1 heterocycles. The Morgan fingerprint density at radius 1 is 1.08 bits per heavy atom.